The SMILES string of the molecule is CCCCCCC[N+]1=C(C)SC(C)C1.[I-]. The van der Waals surface area contributed by atoms with Crippen molar-refractivity contribution in [3.8, 4) is 0 Å². The van der Waals surface area contributed by atoms with Gasteiger partial charge in [0, 0.05) is 13.3 Å². The lowest BCUT2D eigenvalue weighted by molar-refractivity contribution is -0.521. The molecule has 0 spiro atoms. The maximum atomic E-state index is 2.56. The number of hydrogen-bond donors (Lipinski definition) is 0. The molecule has 0 bridgehead atoms. The van der Waals surface area contributed by atoms with Gasteiger partial charge in [0.25, 0.3) is 0 Å². The van der Waals surface area contributed by atoms with Crippen molar-refractivity contribution < 1.29 is 28.6 Å². The van der Waals surface area contributed by atoms with E-state index in [0.29, 0.717) is 0 Å². The molecular formula is C12H24INS. The summed E-state index contributed by atoms with van der Waals surface area (Å²) in [6, 6.07) is 0. The molecule has 3 heteroatoms. The largest absolute Gasteiger partial charge is 1.00 e. The van der Waals surface area contributed by atoms with Gasteiger partial charge < -0.3 is 24.0 Å². The summed E-state index contributed by atoms with van der Waals surface area (Å²) < 4.78 is 2.56. The standard InChI is InChI=1S/C12H24NS.HI/c1-4-5-6-7-8-9-13-10-11(2)14-12(13)3;/h11H,4-10H2,1-3H3;1H/q+1;/p-1. The smallest absolute Gasteiger partial charge is 0.207 e. The van der Waals surface area contributed by atoms with E-state index in [2.05, 4.69) is 25.3 Å². The summed E-state index contributed by atoms with van der Waals surface area (Å²) in [5.41, 5.74) is 0. The van der Waals surface area contributed by atoms with Gasteiger partial charge in [-0.2, -0.15) is 0 Å². The second-order valence-corrected chi connectivity index (χ2v) is 5.94. The molecule has 1 nitrogen and oxygen atoms in total. The summed E-state index contributed by atoms with van der Waals surface area (Å²) in [4.78, 5) is 0. The fourth-order valence-corrected chi connectivity index (χ4v) is 3.15. The highest BCUT2D eigenvalue weighted by Crippen LogP contribution is 2.20. The Morgan fingerprint density at radius 3 is 2.47 bits per heavy atom. The van der Waals surface area contributed by atoms with E-state index in [1.807, 2.05) is 11.8 Å². The molecule has 0 aromatic carbocycles. The fraction of sp³-hybridized carbons (Fsp3) is 0.917. The summed E-state index contributed by atoms with van der Waals surface area (Å²) >= 11 is 2.04. The minimum atomic E-state index is 0. The molecule has 1 atom stereocenters. The quantitative estimate of drug-likeness (QED) is 0.387. The first-order chi connectivity index (χ1) is 6.74. The third-order valence-corrected chi connectivity index (χ3v) is 3.98. The van der Waals surface area contributed by atoms with Crippen LogP contribution in [0.25, 0.3) is 0 Å². The van der Waals surface area contributed by atoms with Gasteiger partial charge in [-0.15, -0.1) is 0 Å². The Balaban J connectivity index is 0.00000196. The molecule has 15 heavy (non-hydrogen) atoms. The van der Waals surface area contributed by atoms with Crippen LogP contribution in [-0.2, 0) is 0 Å². The average molecular weight is 341 g/mol. The molecular weight excluding hydrogens is 317 g/mol. The van der Waals surface area contributed by atoms with Crippen molar-refractivity contribution in [1.29, 1.82) is 0 Å². The molecule has 0 aliphatic carbocycles. The molecule has 0 aromatic heterocycles. The lowest BCUT2D eigenvalue weighted by atomic mass is 10.1. The van der Waals surface area contributed by atoms with Crippen molar-refractivity contribution in [2.24, 2.45) is 0 Å². The number of nitrogens with zero attached hydrogens (tertiary/aromatic N) is 1. The predicted molar refractivity (Wildman–Crippen MR) is 66.5 cm³/mol. The Kier molecular flexibility index (Phi) is 9.29. The maximum absolute atomic E-state index is 2.56. The van der Waals surface area contributed by atoms with Gasteiger partial charge >= 0.3 is 0 Å². The minimum absolute atomic E-state index is 0. The van der Waals surface area contributed by atoms with Crippen LogP contribution in [0.4, 0.5) is 0 Å². The summed E-state index contributed by atoms with van der Waals surface area (Å²) in [6.45, 7) is 9.42. The molecule has 0 radical (unpaired) electrons. The first kappa shape index (κ1) is 15.8. The number of halogens is 1. The Morgan fingerprint density at radius 2 is 1.93 bits per heavy atom. The second-order valence-electron chi connectivity index (χ2n) is 4.31. The van der Waals surface area contributed by atoms with Crippen LogP contribution >= 0.6 is 11.8 Å². The highest BCUT2D eigenvalue weighted by atomic mass is 127. The van der Waals surface area contributed by atoms with Crippen LogP contribution in [0.1, 0.15) is 52.9 Å². The number of thioether (sulfide) groups is 1. The van der Waals surface area contributed by atoms with Crippen molar-refractivity contribution in [1.82, 2.24) is 0 Å². The molecule has 1 unspecified atom stereocenters. The van der Waals surface area contributed by atoms with E-state index < -0.39 is 0 Å². The zero-order valence-corrected chi connectivity index (χ0v) is 13.2. The van der Waals surface area contributed by atoms with Crippen molar-refractivity contribution in [2.45, 2.75) is 58.1 Å². The number of rotatable bonds is 6. The molecule has 0 fully saturated rings. The van der Waals surface area contributed by atoms with Gasteiger partial charge in [-0.25, -0.2) is 4.58 Å². The van der Waals surface area contributed by atoms with Gasteiger partial charge in [-0.1, -0.05) is 37.9 Å². The van der Waals surface area contributed by atoms with Gasteiger partial charge in [-0.05, 0) is 13.3 Å². The van der Waals surface area contributed by atoms with Gasteiger partial charge in [0.2, 0.25) is 5.04 Å². The maximum Gasteiger partial charge on any atom is 0.207 e. The molecule has 0 saturated heterocycles. The van der Waals surface area contributed by atoms with E-state index >= 15 is 0 Å². The highest BCUT2D eigenvalue weighted by molar-refractivity contribution is 8.14. The summed E-state index contributed by atoms with van der Waals surface area (Å²) in [5.74, 6) is 0. The van der Waals surface area contributed by atoms with Crippen molar-refractivity contribution in [3.63, 3.8) is 0 Å². The second kappa shape index (κ2) is 8.85. The summed E-state index contributed by atoms with van der Waals surface area (Å²) in [6.07, 6.45) is 6.98. The molecule has 0 saturated carbocycles. The molecule has 90 valence electrons. The number of unbranched alkanes of at least 4 members (excludes halogenated alkanes) is 4. The minimum Gasteiger partial charge on any atom is -1.00 e. The first-order valence-electron chi connectivity index (χ1n) is 5.99. The van der Waals surface area contributed by atoms with Crippen molar-refractivity contribution in [2.75, 3.05) is 13.1 Å². The van der Waals surface area contributed by atoms with Gasteiger partial charge in [0.15, 0.2) is 6.54 Å². The summed E-state index contributed by atoms with van der Waals surface area (Å²) in [5, 5.41) is 2.35. The Bertz CT molecular complexity index is 204. The molecule has 1 aliphatic heterocycles. The van der Waals surface area contributed by atoms with Crippen LogP contribution in [0.5, 0.6) is 0 Å². The molecule has 0 aromatic rings. The van der Waals surface area contributed by atoms with Gasteiger partial charge in [-0.3, -0.25) is 0 Å². The van der Waals surface area contributed by atoms with Crippen LogP contribution in [0, 0.1) is 0 Å². The third-order valence-electron chi connectivity index (χ3n) is 2.83. The lowest BCUT2D eigenvalue weighted by Gasteiger charge is -2.00. The van der Waals surface area contributed by atoms with E-state index in [9.17, 15) is 0 Å². The molecule has 1 rings (SSSR count). The first-order valence-corrected chi connectivity index (χ1v) is 6.87. The van der Waals surface area contributed by atoms with Crippen LogP contribution < -0.4 is 24.0 Å². The van der Waals surface area contributed by atoms with E-state index in [0.717, 1.165) is 5.25 Å². The zero-order valence-electron chi connectivity index (χ0n) is 10.3. The molecule has 1 heterocycles. The summed E-state index contributed by atoms with van der Waals surface area (Å²) in [7, 11) is 0. The lowest BCUT2D eigenvalue weighted by Crippen LogP contribution is -3.00. The Labute approximate surface area is 116 Å². The Hall–Kier alpha value is 0.750. The highest BCUT2D eigenvalue weighted by Gasteiger charge is 2.24. The zero-order chi connectivity index (χ0) is 10.4. The Morgan fingerprint density at radius 1 is 1.27 bits per heavy atom. The van der Waals surface area contributed by atoms with Gasteiger partial charge in [0.05, 0.1) is 5.25 Å². The predicted octanol–water partition coefficient (Wildman–Crippen LogP) is 0.527. The average Bonchev–Trinajstić information content (AvgIpc) is 2.45. The number of hydrogen-bond acceptors (Lipinski definition) is 1. The monoisotopic (exact) mass is 341 g/mol. The normalized spacial score (nSPS) is 20.6. The third kappa shape index (κ3) is 6.15. The van der Waals surface area contributed by atoms with E-state index in [1.54, 1.807) is 0 Å². The van der Waals surface area contributed by atoms with E-state index in [4.69, 9.17) is 0 Å². The van der Waals surface area contributed by atoms with Crippen molar-refractivity contribution in [3.05, 3.63) is 0 Å². The van der Waals surface area contributed by atoms with Crippen LogP contribution in [-0.4, -0.2) is 28.0 Å². The van der Waals surface area contributed by atoms with Crippen LogP contribution in [0.2, 0.25) is 0 Å². The molecule has 0 N–H and O–H groups in total. The molecule has 0 amide bonds. The topological polar surface area (TPSA) is 3.01 Å². The van der Waals surface area contributed by atoms with Crippen LogP contribution in [0.15, 0.2) is 0 Å². The molecule has 1 aliphatic rings. The van der Waals surface area contributed by atoms with Crippen molar-refractivity contribution >= 4 is 16.8 Å². The fourth-order valence-electron chi connectivity index (χ4n) is 2.00. The van der Waals surface area contributed by atoms with Gasteiger partial charge in [0.1, 0.15) is 6.54 Å². The van der Waals surface area contributed by atoms with E-state index in [-0.39, 0.29) is 24.0 Å². The van der Waals surface area contributed by atoms with E-state index in [1.165, 1.54) is 50.2 Å². The van der Waals surface area contributed by atoms with Crippen LogP contribution in [0.3, 0.4) is 0 Å².